The molecule has 2 rings (SSSR count). The summed E-state index contributed by atoms with van der Waals surface area (Å²) < 4.78 is 5.79. The molecule has 0 aromatic heterocycles. The van der Waals surface area contributed by atoms with E-state index in [1.807, 2.05) is 6.92 Å². The van der Waals surface area contributed by atoms with Gasteiger partial charge >= 0.3 is 0 Å². The van der Waals surface area contributed by atoms with Crippen LogP contribution in [0.1, 0.15) is 44.7 Å². The van der Waals surface area contributed by atoms with Crippen LogP contribution in [0.25, 0.3) is 0 Å². The van der Waals surface area contributed by atoms with Crippen molar-refractivity contribution < 1.29 is 4.74 Å². The van der Waals surface area contributed by atoms with E-state index in [1.165, 1.54) is 37.9 Å². The van der Waals surface area contributed by atoms with E-state index in [-0.39, 0.29) is 0 Å². The number of para-hydroxylation sites is 1. The van der Waals surface area contributed by atoms with Gasteiger partial charge in [0.25, 0.3) is 0 Å². The molecule has 1 aromatic rings. The summed E-state index contributed by atoms with van der Waals surface area (Å²) in [6.07, 6.45) is 4.03. The molecular formula is C18H30N2O. The van der Waals surface area contributed by atoms with Gasteiger partial charge in [-0.1, -0.05) is 31.5 Å². The van der Waals surface area contributed by atoms with Crippen LogP contribution in [0.4, 0.5) is 0 Å². The lowest BCUT2D eigenvalue weighted by Crippen LogP contribution is -2.40. The fourth-order valence-electron chi connectivity index (χ4n) is 3.31. The molecule has 1 aliphatic rings. The molecule has 0 bridgehead atoms. The van der Waals surface area contributed by atoms with E-state index in [9.17, 15) is 0 Å². The maximum Gasteiger partial charge on any atom is 0.124 e. The topological polar surface area (TPSA) is 24.5 Å². The van der Waals surface area contributed by atoms with E-state index >= 15 is 0 Å². The Kier molecular flexibility index (Phi) is 6.52. The molecule has 1 aromatic carbocycles. The van der Waals surface area contributed by atoms with Crippen LogP contribution < -0.4 is 10.1 Å². The van der Waals surface area contributed by atoms with E-state index in [1.54, 1.807) is 0 Å². The molecule has 3 nitrogen and oxygen atoms in total. The molecule has 2 atom stereocenters. The van der Waals surface area contributed by atoms with E-state index in [0.29, 0.717) is 6.04 Å². The zero-order chi connectivity index (χ0) is 15.1. The summed E-state index contributed by atoms with van der Waals surface area (Å²) in [6.45, 7) is 8.61. The summed E-state index contributed by atoms with van der Waals surface area (Å²) in [7, 11) is 2.05. The number of hydrogen-bond acceptors (Lipinski definition) is 3. The second-order valence-corrected chi connectivity index (χ2v) is 5.99. The first-order valence-corrected chi connectivity index (χ1v) is 8.39. The van der Waals surface area contributed by atoms with Gasteiger partial charge in [0.2, 0.25) is 0 Å². The lowest BCUT2D eigenvalue weighted by atomic mass is 9.94. The lowest BCUT2D eigenvalue weighted by Gasteiger charge is -2.35. The minimum Gasteiger partial charge on any atom is -0.494 e. The van der Waals surface area contributed by atoms with Crippen molar-refractivity contribution in [3.05, 3.63) is 29.8 Å². The molecule has 0 saturated carbocycles. The smallest absolute Gasteiger partial charge is 0.124 e. The number of piperidine rings is 1. The highest BCUT2D eigenvalue weighted by Crippen LogP contribution is 2.27. The van der Waals surface area contributed by atoms with Crippen LogP contribution in [-0.2, 0) is 0 Å². The molecule has 1 saturated heterocycles. The molecule has 1 fully saturated rings. The Morgan fingerprint density at radius 2 is 2.14 bits per heavy atom. The average Bonchev–Trinajstić information content (AvgIpc) is 2.54. The Labute approximate surface area is 129 Å². The summed E-state index contributed by atoms with van der Waals surface area (Å²) in [6, 6.07) is 8.76. The third-order valence-corrected chi connectivity index (χ3v) is 4.56. The third-order valence-electron chi connectivity index (χ3n) is 4.56. The predicted molar refractivity (Wildman–Crippen MR) is 88.9 cm³/mol. The first-order valence-electron chi connectivity index (χ1n) is 8.39. The summed E-state index contributed by atoms with van der Waals surface area (Å²) in [4.78, 5) is 2.61. The van der Waals surface area contributed by atoms with Gasteiger partial charge in [0.1, 0.15) is 5.75 Å². The highest BCUT2D eigenvalue weighted by molar-refractivity contribution is 5.36. The molecule has 0 radical (unpaired) electrons. The summed E-state index contributed by atoms with van der Waals surface area (Å²) in [5.41, 5.74) is 1.28. The van der Waals surface area contributed by atoms with Gasteiger partial charge in [0.05, 0.1) is 6.61 Å². The molecule has 0 aliphatic carbocycles. The van der Waals surface area contributed by atoms with Crippen LogP contribution in [0, 0.1) is 5.92 Å². The quantitative estimate of drug-likeness (QED) is 0.832. The number of nitrogens with one attached hydrogen (secondary N) is 1. The average molecular weight is 290 g/mol. The zero-order valence-corrected chi connectivity index (χ0v) is 13.8. The zero-order valence-electron chi connectivity index (χ0n) is 13.8. The van der Waals surface area contributed by atoms with Crippen molar-refractivity contribution in [2.45, 2.75) is 39.2 Å². The number of benzene rings is 1. The number of ether oxygens (including phenoxy) is 1. The summed E-state index contributed by atoms with van der Waals surface area (Å²) >= 11 is 0. The van der Waals surface area contributed by atoms with Crippen molar-refractivity contribution in [3.8, 4) is 5.75 Å². The van der Waals surface area contributed by atoms with Gasteiger partial charge in [-0.15, -0.1) is 0 Å². The fourth-order valence-corrected chi connectivity index (χ4v) is 3.31. The normalized spacial score (nSPS) is 21.2. The van der Waals surface area contributed by atoms with Crippen molar-refractivity contribution in [3.63, 3.8) is 0 Å². The standard InChI is InChI=1S/C18H30N2O/c1-4-15-9-8-12-20(13-15)14-17(19-3)16-10-6-7-11-18(16)21-5-2/h6-7,10-11,15,17,19H,4-5,8-9,12-14H2,1-3H3. The molecule has 1 heterocycles. The first kappa shape index (κ1) is 16.3. The van der Waals surface area contributed by atoms with Gasteiger partial charge in [-0.2, -0.15) is 0 Å². The van der Waals surface area contributed by atoms with Crippen LogP contribution in [0.15, 0.2) is 24.3 Å². The summed E-state index contributed by atoms with van der Waals surface area (Å²) in [5, 5.41) is 3.48. The number of hydrogen-bond donors (Lipinski definition) is 1. The van der Waals surface area contributed by atoms with Crippen LogP contribution in [0.3, 0.4) is 0 Å². The van der Waals surface area contributed by atoms with Crippen molar-refractivity contribution in [1.82, 2.24) is 10.2 Å². The van der Waals surface area contributed by atoms with Gasteiger partial charge in [0.15, 0.2) is 0 Å². The first-order chi connectivity index (χ1) is 10.3. The summed E-state index contributed by atoms with van der Waals surface area (Å²) in [5.74, 6) is 1.89. The molecular weight excluding hydrogens is 260 g/mol. The van der Waals surface area contributed by atoms with Crippen molar-refractivity contribution in [2.75, 3.05) is 33.3 Å². The SMILES string of the molecule is CCOc1ccccc1C(CN1CCCC(CC)C1)NC. The van der Waals surface area contributed by atoms with E-state index in [0.717, 1.165) is 24.8 Å². The highest BCUT2D eigenvalue weighted by atomic mass is 16.5. The van der Waals surface area contributed by atoms with E-state index in [4.69, 9.17) is 4.74 Å². The Hall–Kier alpha value is -1.06. The van der Waals surface area contributed by atoms with Crippen molar-refractivity contribution in [1.29, 1.82) is 0 Å². The molecule has 3 heteroatoms. The molecule has 2 unspecified atom stereocenters. The van der Waals surface area contributed by atoms with Crippen molar-refractivity contribution in [2.24, 2.45) is 5.92 Å². The molecule has 1 aliphatic heterocycles. The van der Waals surface area contributed by atoms with Gasteiger partial charge in [0, 0.05) is 24.7 Å². The van der Waals surface area contributed by atoms with E-state index in [2.05, 4.69) is 48.5 Å². The second-order valence-electron chi connectivity index (χ2n) is 5.99. The monoisotopic (exact) mass is 290 g/mol. The van der Waals surface area contributed by atoms with Gasteiger partial charge in [-0.3, -0.25) is 0 Å². The van der Waals surface area contributed by atoms with Crippen LogP contribution >= 0.6 is 0 Å². The minimum absolute atomic E-state index is 0.336. The Morgan fingerprint density at radius 3 is 2.86 bits per heavy atom. The highest BCUT2D eigenvalue weighted by Gasteiger charge is 2.22. The minimum atomic E-state index is 0.336. The number of nitrogens with zero attached hydrogens (tertiary/aromatic N) is 1. The van der Waals surface area contributed by atoms with Crippen LogP contribution in [-0.4, -0.2) is 38.2 Å². The predicted octanol–water partition coefficient (Wildman–Crippen LogP) is 3.47. The Bertz CT molecular complexity index is 421. The Morgan fingerprint density at radius 1 is 1.33 bits per heavy atom. The maximum absolute atomic E-state index is 5.79. The third kappa shape index (κ3) is 4.45. The number of rotatable bonds is 7. The molecule has 1 N–H and O–H groups in total. The van der Waals surface area contributed by atoms with Gasteiger partial charge < -0.3 is 15.0 Å². The second kappa shape index (κ2) is 8.40. The van der Waals surface area contributed by atoms with E-state index < -0.39 is 0 Å². The van der Waals surface area contributed by atoms with Gasteiger partial charge in [-0.25, -0.2) is 0 Å². The number of likely N-dealkylation sites (tertiary alicyclic amines) is 1. The molecule has 118 valence electrons. The number of likely N-dealkylation sites (N-methyl/N-ethyl adjacent to an activating group) is 1. The molecule has 21 heavy (non-hydrogen) atoms. The molecule has 0 amide bonds. The Balaban J connectivity index is 2.05. The van der Waals surface area contributed by atoms with Crippen LogP contribution in [0.2, 0.25) is 0 Å². The van der Waals surface area contributed by atoms with Gasteiger partial charge in [-0.05, 0) is 45.3 Å². The molecule has 0 spiro atoms. The fraction of sp³-hybridized carbons (Fsp3) is 0.667. The van der Waals surface area contributed by atoms with Crippen molar-refractivity contribution >= 4 is 0 Å². The lowest BCUT2D eigenvalue weighted by molar-refractivity contribution is 0.157. The largest absolute Gasteiger partial charge is 0.494 e. The maximum atomic E-state index is 5.79. The van der Waals surface area contributed by atoms with Crippen LogP contribution in [0.5, 0.6) is 5.75 Å².